The Morgan fingerprint density at radius 1 is 1.05 bits per heavy atom. The molecule has 0 bridgehead atoms. The van der Waals surface area contributed by atoms with Gasteiger partial charge in [-0.05, 0) is 44.5 Å². The van der Waals surface area contributed by atoms with Gasteiger partial charge < -0.3 is 14.8 Å². The van der Waals surface area contributed by atoms with Crippen LogP contribution in [-0.2, 0) is 0 Å². The summed E-state index contributed by atoms with van der Waals surface area (Å²) in [5.41, 5.74) is 0. The maximum atomic E-state index is 5.85. The number of para-hydroxylation sites is 2. The van der Waals surface area contributed by atoms with Crippen LogP contribution in [0.5, 0.6) is 11.5 Å². The molecule has 1 atom stereocenters. The Kier molecular flexibility index (Phi) is 8.07. The third-order valence-corrected chi connectivity index (χ3v) is 3.19. The number of rotatable bonds is 10. The predicted octanol–water partition coefficient (Wildman–Crippen LogP) is 3.49. The molecule has 0 saturated carbocycles. The van der Waals surface area contributed by atoms with Gasteiger partial charge in [0.25, 0.3) is 0 Å². The van der Waals surface area contributed by atoms with Crippen LogP contribution in [0.1, 0.15) is 33.6 Å². The number of hydrogen-bond acceptors (Lipinski definition) is 3. The lowest BCUT2D eigenvalue weighted by Crippen LogP contribution is -2.23. The second kappa shape index (κ2) is 9.68. The van der Waals surface area contributed by atoms with Gasteiger partial charge in [0.05, 0.1) is 13.2 Å². The van der Waals surface area contributed by atoms with E-state index in [0.717, 1.165) is 37.6 Å². The van der Waals surface area contributed by atoms with Crippen LogP contribution in [0.15, 0.2) is 24.3 Å². The molecular weight excluding hydrogens is 238 g/mol. The standard InChI is InChI=1S/C16H27NO2/c1-4-14(13-17-5-2)11-12-19-16-10-8-7-9-15(16)18-6-3/h7-10,14,17H,4-6,11-13H2,1-3H3. The highest BCUT2D eigenvalue weighted by Gasteiger charge is 2.07. The van der Waals surface area contributed by atoms with Gasteiger partial charge in [0.2, 0.25) is 0 Å². The zero-order valence-electron chi connectivity index (χ0n) is 12.4. The number of hydrogen-bond donors (Lipinski definition) is 1. The summed E-state index contributed by atoms with van der Waals surface area (Å²) in [5.74, 6) is 2.37. The van der Waals surface area contributed by atoms with Crippen molar-refractivity contribution >= 4 is 0 Å². The molecule has 3 nitrogen and oxygen atoms in total. The molecule has 0 fully saturated rings. The summed E-state index contributed by atoms with van der Waals surface area (Å²) in [6, 6.07) is 7.87. The minimum absolute atomic E-state index is 0.665. The average molecular weight is 265 g/mol. The molecule has 1 unspecified atom stereocenters. The molecule has 0 radical (unpaired) electrons. The van der Waals surface area contributed by atoms with E-state index >= 15 is 0 Å². The van der Waals surface area contributed by atoms with Gasteiger partial charge in [0.1, 0.15) is 0 Å². The van der Waals surface area contributed by atoms with E-state index in [1.54, 1.807) is 0 Å². The molecule has 0 saturated heterocycles. The van der Waals surface area contributed by atoms with Crippen molar-refractivity contribution in [1.82, 2.24) is 5.32 Å². The first-order valence-electron chi connectivity index (χ1n) is 7.37. The van der Waals surface area contributed by atoms with Crippen LogP contribution in [0.2, 0.25) is 0 Å². The van der Waals surface area contributed by atoms with E-state index in [2.05, 4.69) is 19.2 Å². The molecule has 0 heterocycles. The molecule has 0 aliphatic rings. The summed E-state index contributed by atoms with van der Waals surface area (Å²) in [5, 5.41) is 3.40. The minimum atomic E-state index is 0.665. The lowest BCUT2D eigenvalue weighted by Gasteiger charge is -2.16. The van der Waals surface area contributed by atoms with Crippen molar-refractivity contribution in [2.75, 3.05) is 26.3 Å². The maximum absolute atomic E-state index is 5.85. The normalized spacial score (nSPS) is 12.2. The molecule has 1 aromatic carbocycles. The fraction of sp³-hybridized carbons (Fsp3) is 0.625. The van der Waals surface area contributed by atoms with Crippen molar-refractivity contribution in [1.29, 1.82) is 0 Å². The average Bonchev–Trinajstić information content (AvgIpc) is 2.44. The molecule has 0 amide bonds. The van der Waals surface area contributed by atoms with E-state index in [1.165, 1.54) is 6.42 Å². The first-order chi connectivity index (χ1) is 9.31. The Balaban J connectivity index is 2.39. The SMILES string of the molecule is CCNCC(CC)CCOc1ccccc1OCC. The summed E-state index contributed by atoms with van der Waals surface area (Å²) in [4.78, 5) is 0. The first-order valence-corrected chi connectivity index (χ1v) is 7.37. The Bertz CT molecular complexity index is 341. The Morgan fingerprint density at radius 2 is 1.74 bits per heavy atom. The largest absolute Gasteiger partial charge is 0.490 e. The van der Waals surface area contributed by atoms with Crippen LogP contribution < -0.4 is 14.8 Å². The van der Waals surface area contributed by atoms with Crippen molar-refractivity contribution in [2.24, 2.45) is 5.92 Å². The van der Waals surface area contributed by atoms with E-state index < -0.39 is 0 Å². The summed E-state index contributed by atoms with van der Waals surface area (Å²) in [6.45, 7) is 9.87. The Morgan fingerprint density at radius 3 is 2.32 bits per heavy atom. The van der Waals surface area contributed by atoms with Crippen LogP contribution in [0, 0.1) is 5.92 Å². The molecule has 0 spiro atoms. The Hall–Kier alpha value is -1.22. The summed E-state index contributed by atoms with van der Waals surface area (Å²) < 4.78 is 11.4. The zero-order chi connectivity index (χ0) is 13.9. The van der Waals surface area contributed by atoms with E-state index in [4.69, 9.17) is 9.47 Å². The van der Waals surface area contributed by atoms with Crippen LogP contribution >= 0.6 is 0 Å². The van der Waals surface area contributed by atoms with Crippen molar-refractivity contribution in [3.63, 3.8) is 0 Å². The van der Waals surface area contributed by atoms with E-state index in [0.29, 0.717) is 12.5 Å². The van der Waals surface area contributed by atoms with Crippen molar-refractivity contribution in [3.05, 3.63) is 24.3 Å². The lowest BCUT2D eigenvalue weighted by molar-refractivity contribution is 0.250. The predicted molar refractivity (Wildman–Crippen MR) is 80.0 cm³/mol. The van der Waals surface area contributed by atoms with Crippen LogP contribution in [-0.4, -0.2) is 26.3 Å². The number of nitrogens with one attached hydrogen (secondary N) is 1. The van der Waals surface area contributed by atoms with Gasteiger partial charge in [0.15, 0.2) is 11.5 Å². The van der Waals surface area contributed by atoms with E-state index in [1.807, 2.05) is 31.2 Å². The molecule has 0 aliphatic carbocycles. The molecular formula is C16H27NO2. The van der Waals surface area contributed by atoms with Crippen LogP contribution in [0.25, 0.3) is 0 Å². The van der Waals surface area contributed by atoms with Gasteiger partial charge in [0, 0.05) is 0 Å². The number of ether oxygens (including phenoxy) is 2. The second-order valence-electron chi connectivity index (χ2n) is 4.60. The van der Waals surface area contributed by atoms with Crippen LogP contribution in [0.3, 0.4) is 0 Å². The van der Waals surface area contributed by atoms with E-state index in [9.17, 15) is 0 Å². The van der Waals surface area contributed by atoms with Gasteiger partial charge in [-0.15, -0.1) is 0 Å². The molecule has 19 heavy (non-hydrogen) atoms. The van der Waals surface area contributed by atoms with Gasteiger partial charge in [-0.2, -0.15) is 0 Å². The quantitative estimate of drug-likeness (QED) is 0.702. The second-order valence-corrected chi connectivity index (χ2v) is 4.60. The van der Waals surface area contributed by atoms with E-state index in [-0.39, 0.29) is 0 Å². The maximum Gasteiger partial charge on any atom is 0.161 e. The fourth-order valence-corrected chi connectivity index (χ4v) is 1.98. The fourth-order valence-electron chi connectivity index (χ4n) is 1.98. The summed E-state index contributed by atoms with van der Waals surface area (Å²) in [7, 11) is 0. The van der Waals surface area contributed by atoms with Gasteiger partial charge >= 0.3 is 0 Å². The highest BCUT2D eigenvalue weighted by Crippen LogP contribution is 2.26. The summed E-state index contributed by atoms with van der Waals surface area (Å²) in [6.07, 6.45) is 2.26. The minimum Gasteiger partial charge on any atom is -0.490 e. The molecule has 108 valence electrons. The van der Waals surface area contributed by atoms with Crippen LogP contribution in [0.4, 0.5) is 0 Å². The molecule has 0 aromatic heterocycles. The molecule has 1 aromatic rings. The number of benzene rings is 1. The van der Waals surface area contributed by atoms with Gasteiger partial charge in [-0.25, -0.2) is 0 Å². The monoisotopic (exact) mass is 265 g/mol. The first kappa shape index (κ1) is 15.8. The molecule has 1 N–H and O–H groups in total. The molecule has 0 aliphatic heterocycles. The molecule has 1 rings (SSSR count). The van der Waals surface area contributed by atoms with Gasteiger partial charge in [-0.3, -0.25) is 0 Å². The third-order valence-electron chi connectivity index (χ3n) is 3.19. The van der Waals surface area contributed by atoms with Crippen molar-refractivity contribution in [2.45, 2.75) is 33.6 Å². The molecule has 3 heteroatoms. The van der Waals surface area contributed by atoms with Gasteiger partial charge in [-0.1, -0.05) is 32.4 Å². The highest BCUT2D eigenvalue weighted by molar-refractivity contribution is 5.39. The smallest absolute Gasteiger partial charge is 0.161 e. The topological polar surface area (TPSA) is 30.5 Å². The van der Waals surface area contributed by atoms with Crippen molar-refractivity contribution < 1.29 is 9.47 Å². The third kappa shape index (κ3) is 5.97. The summed E-state index contributed by atoms with van der Waals surface area (Å²) >= 11 is 0. The van der Waals surface area contributed by atoms with Crippen molar-refractivity contribution in [3.8, 4) is 11.5 Å². The zero-order valence-corrected chi connectivity index (χ0v) is 12.4. The lowest BCUT2D eigenvalue weighted by atomic mass is 10.0. The highest BCUT2D eigenvalue weighted by atomic mass is 16.5. The Labute approximate surface area is 117 Å².